The van der Waals surface area contributed by atoms with Crippen molar-refractivity contribution in [3.05, 3.63) is 56.1 Å². The van der Waals surface area contributed by atoms with Crippen molar-refractivity contribution in [1.29, 1.82) is 0 Å². The van der Waals surface area contributed by atoms with E-state index in [1.54, 1.807) is 12.1 Å². The molecule has 0 saturated heterocycles. The zero-order valence-corrected chi connectivity index (χ0v) is 13.0. The fourth-order valence-electron chi connectivity index (χ4n) is 1.68. The number of carboxylic acids is 1. The molecule has 0 aromatic heterocycles. The average Bonchev–Trinajstić information content (AvgIpc) is 2.34. The van der Waals surface area contributed by atoms with E-state index in [0.29, 0.717) is 16.4 Å². The molecular weight excluding hydrogens is 377 g/mol. The number of carbonyl (C=O) groups is 1. The lowest BCUT2D eigenvalue weighted by molar-refractivity contribution is 0.0698. The number of aryl methyl sites for hydroxylation is 1. The average molecular weight is 388 g/mol. The van der Waals surface area contributed by atoms with Crippen molar-refractivity contribution in [2.45, 2.75) is 6.92 Å². The summed E-state index contributed by atoms with van der Waals surface area (Å²) in [6.45, 7) is 1.86. The van der Waals surface area contributed by atoms with Gasteiger partial charge in [-0.15, -0.1) is 0 Å². The minimum atomic E-state index is -0.965. The van der Waals surface area contributed by atoms with Gasteiger partial charge in [0.1, 0.15) is 0 Å². The number of halogens is 2. The maximum atomic E-state index is 11.2. The zero-order valence-electron chi connectivity index (χ0n) is 10.1. The van der Waals surface area contributed by atoms with Gasteiger partial charge in [0.2, 0.25) is 0 Å². The number of carboxylic acid groups (broad SMARTS) is 1. The topological polar surface area (TPSA) is 49.3 Å². The molecule has 2 rings (SSSR count). The number of hydrogen-bond acceptors (Lipinski definition) is 2. The van der Waals surface area contributed by atoms with Crippen molar-refractivity contribution in [1.82, 2.24) is 0 Å². The summed E-state index contributed by atoms with van der Waals surface area (Å²) in [7, 11) is 0. The molecule has 2 N–H and O–H groups in total. The van der Waals surface area contributed by atoms with Gasteiger partial charge in [0.15, 0.2) is 0 Å². The summed E-state index contributed by atoms with van der Waals surface area (Å²) in [4.78, 5) is 11.2. The molecule has 0 amide bonds. The first kappa shape index (κ1) is 14.1. The van der Waals surface area contributed by atoms with Crippen LogP contribution in [0.1, 0.15) is 15.9 Å². The maximum Gasteiger partial charge on any atom is 0.337 e. The van der Waals surface area contributed by atoms with E-state index in [2.05, 4.69) is 27.9 Å². The van der Waals surface area contributed by atoms with Gasteiger partial charge in [-0.3, -0.25) is 0 Å². The van der Waals surface area contributed by atoms with Crippen LogP contribution in [0, 0.1) is 10.5 Å². The Bertz CT molecular complexity index is 643. The molecular formula is C14H11ClINO2. The van der Waals surface area contributed by atoms with Gasteiger partial charge in [0, 0.05) is 3.57 Å². The molecule has 0 spiro atoms. The first-order chi connectivity index (χ1) is 8.97. The molecule has 0 aliphatic rings. The van der Waals surface area contributed by atoms with Crippen molar-refractivity contribution >= 4 is 51.5 Å². The molecule has 0 heterocycles. The van der Waals surface area contributed by atoms with Crippen molar-refractivity contribution in [2.75, 3.05) is 5.32 Å². The predicted octanol–water partition coefficient (Wildman–Crippen LogP) is 4.69. The van der Waals surface area contributed by atoms with Crippen LogP contribution in [0.4, 0.5) is 11.4 Å². The fourth-order valence-corrected chi connectivity index (χ4v) is 2.58. The van der Waals surface area contributed by atoms with Gasteiger partial charge in [0.05, 0.1) is 22.0 Å². The van der Waals surface area contributed by atoms with Crippen LogP contribution in [0.5, 0.6) is 0 Å². The van der Waals surface area contributed by atoms with Crippen molar-refractivity contribution < 1.29 is 9.90 Å². The van der Waals surface area contributed by atoms with Crippen LogP contribution < -0.4 is 5.32 Å². The van der Waals surface area contributed by atoms with Gasteiger partial charge in [0.25, 0.3) is 0 Å². The summed E-state index contributed by atoms with van der Waals surface area (Å²) in [5.74, 6) is -0.965. The molecule has 0 aliphatic carbocycles. The number of nitrogens with one attached hydrogen (secondary N) is 1. The number of benzene rings is 2. The SMILES string of the molecule is Cc1ccc(Nc2ccc(I)cc2Cl)c(C(=O)O)c1. The number of aromatic carboxylic acids is 1. The molecule has 0 radical (unpaired) electrons. The van der Waals surface area contributed by atoms with E-state index >= 15 is 0 Å². The number of rotatable bonds is 3. The standard InChI is InChI=1S/C14H11ClINO2/c1-8-2-4-12(10(6-8)14(18)19)17-13-5-3-9(16)7-11(13)15/h2-7,17H,1H3,(H,18,19). The minimum absolute atomic E-state index is 0.231. The van der Waals surface area contributed by atoms with E-state index in [9.17, 15) is 9.90 Å². The third-order valence-electron chi connectivity index (χ3n) is 2.61. The molecule has 0 fully saturated rings. The monoisotopic (exact) mass is 387 g/mol. The van der Waals surface area contributed by atoms with Gasteiger partial charge in [-0.2, -0.15) is 0 Å². The summed E-state index contributed by atoms with van der Waals surface area (Å²) >= 11 is 8.30. The molecule has 0 atom stereocenters. The van der Waals surface area contributed by atoms with Crippen molar-refractivity contribution in [2.24, 2.45) is 0 Å². The minimum Gasteiger partial charge on any atom is -0.478 e. The lowest BCUT2D eigenvalue weighted by atomic mass is 10.1. The van der Waals surface area contributed by atoms with Crippen LogP contribution in [-0.4, -0.2) is 11.1 Å². The van der Waals surface area contributed by atoms with Crippen LogP contribution in [0.25, 0.3) is 0 Å². The van der Waals surface area contributed by atoms with Crippen LogP contribution in [0.15, 0.2) is 36.4 Å². The Morgan fingerprint density at radius 1 is 1.21 bits per heavy atom. The van der Waals surface area contributed by atoms with Crippen LogP contribution in [0.3, 0.4) is 0 Å². The van der Waals surface area contributed by atoms with Crippen molar-refractivity contribution in [3.63, 3.8) is 0 Å². The number of anilines is 2. The third-order valence-corrected chi connectivity index (χ3v) is 3.59. The van der Waals surface area contributed by atoms with Gasteiger partial charge < -0.3 is 10.4 Å². The van der Waals surface area contributed by atoms with Crippen molar-refractivity contribution in [3.8, 4) is 0 Å². The molecule has 0 aliphatic heterocycles. The highest BCUT2D eigenvalue weighted by atomic mass is 127. The van der Waals surface area contributed by atoms with E-state index in [1.807, 2.05) is 31.2 Å². The first-order valence-electron chi connectivity index (χ1n) is 5.53. The summed E-state index contributed by atoms with van der Waals surface area (Å²) < 4.78 is 1.02. The molecule has 0 bridgehead atoms. The lowest BCUT2D eigenvalue weighted by Gasteiger charge is -2.12. The Morgan fingerprint density at radius 3 is 2.53 bits per heavy atom. The third kappa shape index (κ3) is 3.39. The van der Waals surface area contributed by atoms with E-state index in [-0.39, 0.29) is 5.56 Å². The Hall–Kier alpha value is -1.27. The second-order valence-electron chi connectivity index (χ2n) is 4.10. The summed E-state index contributed by atoms with van der Waals surface area (Å²) in [5, 5.41) is 12.8. The fraction of sp³-hybridized carbons (Fsp3) is 0.0714. The molecule has 19 heavy (non-hydrogen) atoms. The highest BCUT2D eigenvalue weighted by Crippen LogP contribution is 2.29. The lowest BCUT2D eigenvalue weighted by Crippen LogP contribution is -2.03. The maximum absolute atomic E-state index is 11.2. The molecule has 0 saturated carbocycles. The zero-order chi connectivity index (χ0) is 14.0. The first-order valence-corrected chi connectivity index (χ1v) is 6.99. The largest absolute Gasteiger partial charge is 0.478 e. The quantitative estimate of drug-likeness (QED) is 0.751. The van der Waals surface area contributed by atoms with Gasteiger partial charge in [-0.05, 0) is 59.8 Å². The van der Waals surface area contributed by atoms with E-state index in [0.717, 1.165) is 9.13 Å². The Balaban J connectivity index is 2.40. The summed E-state index contributed by atoms with van der Waals surface area (Å²) in [5.41, 5.74) is 2.35. The smallest absolute Gasteiger partial charge is 0.337 e. The van der Waals surface area contributed by atoms with Crippen LogP contribution in [-0.2, 0) is 0 Å². The number of hydrogen-bond donors (Lipinski definition) is 2. The van der Waals surface area contributed by atoms with Gasteiger partial charge in [-0.1, -0.05) is 23.2 Å². The Kier molecular flexibility index (Phi) is 4.31. The summed E-state index contributed by atoms with van der Waals surface area (Å²) in [6, 6.07) is 10.8. The Labute approximate surface area is 129 Å². The van der Waals surface area contributed by atoms with E-state index in [1.165, 1.54) is 0 Å². The predicted molar refractivity (Wildman–Crippen MR) is 85.6 cm³/mol. The normalized spacial score (nSPS) is 10.3. The molecule has 5 heteroatoms. The van der Waals surface area contributed by atoms with Gasteiger partial charge in [-0.25, -0.2) is 4.79 Å². The molecule has 98 valence electrons. The highest BCUT2D eigenvalue weighted by Gasteiger charge is 2.11. The molecule has 3 nitrogen and oxygen atoms in total. The van der Waals surface area contributed by atoms with Crippen LogP contribution >= 0.6 is 34.2 Å². The van der Waals surface area contributed by atoms with E-state index < -0.39 is 5.97 Å². The van der Waals surface area contributed by atoms with Gasteiger partial charge >= 0.3 is 5.97 Å². The second kappa shape index (κ2) is 5.79. The summed E-state index contributed by atoms with van der Waals surface area (Å²) in [6.07, 6.45) is 0. The Morgan fingerprint density at radius 2 is 1.89 bits per heavy atom. The highest BCUT2D eigenvalue weighted by molar-refractivity contribution is 14.1. The molecule has 2 aromatic rings. The molecule has 2 aromatic carbocycles. The van der Waals surface area contributed by atoms with E-state index in [4.69, 9.17) is 11.6 Å². The molecule has 0 unspecified atom stereocenters. The second-order valence-corrected chi connectivity index (χ2v) is 5.76. The van der Waals surface area contributed by atoms with Crippen LogP contribution in [0.2, 0.25) is 5.02 Å².